The van der Waals surface area contributed by atoms with E-state index in [9.17, 15) is 0 Å². The normalized spacial score (nSPS) is 22.6. The highest BCUT2D eigenvalue weighted by atomic mass is 16.5. The van der Waals surface area contributed by atoms with Crippen molar-refractivity contribution in [3.63, 3.8) is 0 Å². The number of unbranched alkanes of at least 4 members (excludes halogenated alkanes) is 1. The molecule has 1 aromatic rings. The molecule has 1 saturated carbocycles. The first-order valence-electron chi connectivity index (χ1n) is 9.47. The van der Waals surface area contributed by atoms with Crippen molar-refractivity contribution in [3.05, 3.63) is 17.3 Å². The number of hydrogen-bond acceptors (Lipinski definition) is 4. The van der Waals surface area contributed by atoms with Crippen molar-refractivity contribution in [1.82, 2.24) is 15.6 Å². The average molecular weight is 351 g/mol. The van der Waals surface area contributed by atoms with Crippen LogP contribution in [0, 0.1) is 19.3 Å². The van der Waals surface area contributed by atoms with E-state index in [0.717, 1.165) is 43.4 Å². The summed E-state index contributed by atoms with van der Waals surface area (Å²) in [5.74, 6) is 2.32. The van der Waals surface area contributed by atoms with Gasteiger partial charge in [0.25, 0.3) is 0 Å². The first kappa shape index (κ1) is 19.8. The molecule has 1 fully saturated rings. The Kier molecular flexibility index (Phi) is 6.87. The largest absolute Gasteiger partial charge is 0.444 e. The van der Waals surface area contributed by atoms with Gasteiger partial charge in [-0.15, -0.1) is 0 Å². The van der Waals surface area contributed by atoms with E-state index in [2.05, 4.69) is 48.3 Å². The summed E-state index contributed by atoms with van der Waals surface area (Å²) in [6.45, 7) is 14.8. The fraction of sp³-hybridized carbons (Fsp3) is 0.789. The molecule has 6 heteroatoms. The minimum atomic E-state index is 0.0973. The second-order valence-corrected chi connectivity index (χ2v) is 7.41. The van der Waals surface area contributed by atoms with Crippen LogP contribution in [-0.4, -0.2) is 36.2 Å². The molecule has 2 unspecified atom stereocenters. The van der Waals surface area contributed by atoms with E-state index in [0.29, 0.717) is 24.6 Å². The lowest BCUT2D eigenvalue weighted by Crippen LogP contribution is -2.63. The van der Waals surface area contributed by atoms with Crippen LogP contribution in [0.3, 0.4) is 0 Å². The molecular formula is C19H34N4O2. The average Bonchev–Trinajstić information content (AvgIpc) is 2.89. The Morgan fingerprint density at radius 2 is 2.12 bits per heavy atom. The number of oxazole rings is 1. The molecule has 1 aliphatic carbocycles. The van der Waals surface area contributed by atoms with E-state index in [1.165, 1.54) is 6.42 Å². The third-order valence-electron chi connectivity index (χ3n) is 5.10. The van der Waals surface area contributed by atoms with Gasteiger partial charge < -0.3 is 19.8 Å². The van der Waals surface area contributed by atoms with Crippen LogP contribution in [0.2, 0.25) is 0 Å². The van der Waals surface area contributed by atoms with Gasteiger partial charge >= 0.3 is 0 Å². The van der Waals surface area contributed by atoms with Crippen LogP contribution >= 0.6 is 0 Å². The van der Waals surface area contributed by atoms with Crippen molar-refractivity contribution >= 4 is 5.96 Å². The van der Waals surface area contributed by atoms with Gasteiger partial charge in [-0.05, 0) is 33.6 Å². The van der Waals surface area contributed by atoms with Crippen LogP contribution in [0.25, 0.3) is 0 Å². The number of rotatable bonds is 8. The molecule has 0 aliphatic heterocycles. The lowest BCUT2D eigenvalue weighted by molar-refractivity contribution is -0.113. The van der Waals surface area contributed by atoms with Gasteiger partial charge in [0.2, 0.25) is 5.89 Å². The molecule has 1 heterocycles. The molecule has 25 heavy (non-hydrogen) atoms. The number of nitrogens with one attached hydrogen (secondary N) is 2. The number of guanidine groups is 1. The number of hydrogen-bond donors (Lipinski definition) is 2. The molecule has 0 radical (unpaired) electrons. The maximum atomic E-state index is 6.03. The molecule has 0 bridgehead atoms. The molecule has 1 aliphatic rings. The Labute approximate surface area is 151 Å². The molecule has 2 N–H and O–H groups in total. The molecule has 142 valence electrons. The van der Waals surface area contributed by atoms with Gasteiger partial charge in [0.05, 0.1) is 11.8 Å². The van der Waals surface area contributed by atoms with Gasteiger partial charge in [-0.2, -0.15) is 0 Å². The SMILES string of the molecule is CCCCOC1CC(NC(=NCc2nc(C)c(C)o2)NCC)C1(C)C. The van der Waals surface area contributed by atoms with Crippen LogP contribution in [0.4, 0.5) is 0 Å². The number of nitrogens with zero attached hydrogens (tertiary/aromatic N) is 2. The van der Waals surface area contributed by atoms with Crippen LogP contribution < -0.4 is 10.6 Å². The van der Waals surface area contributed by atoms with Crippen molar-refractivity contribution < 1.29 is 9.15 Å². The first-order chi connectivity index (χ1) is 11.9. The molecule has 0 saturated heterocycles. The van der Waals surface area contributed by atoms with Gasteiger partial charge in [0.1, 0.15) is 12.3 Å². The van der Waals surface area contributed by atoms with Gasteiger partial charge in [-0.25, -0.2) is 9.98 Å². The number of aliphatic imine (C=N–C) groups is 1. The standard InChI is InChI=1S/C19H34N4O2/c1-7-9-10-24-16-11-15(19(16,5)6)23-18(20-8-2)21-12-17-22-13(3)14(4)25-17/h15-16H,7-12H2,1-6H3,(H2,20,21,23). The predicted octanol–water partition coefficient (Wildman–Crippen LogP) is 3.33. The topological polar surface area (TPSA) is 71.7 Å². The summed E-state index contributed by atoms with van der Waals surface area (Å²) in [6, 6.07) is 0.352. The van der Waals surface area contributed by atoms with E-state index >= 15 is 0 Å². The zero-order valence-electron chi connectivity index (χ0n) is 16.6. The molecule has 6 nitrogen and oxygen atoms in total. The molecule has 1 aromatic heterocycles. The van der Waals surface area contributed by atoms with Gasteiger partial charge in [0, 0.05) is 24.6 Å². The molecule has 2 atom stereocenters. The van der Waals surface area contributed by atoms with Crippen molar-refractivity contribution in [2.75, 3.05) is 13.2 Å². The quantitative estimate of drug-likeness (QED) is 0.427. The maximum absolute atomic E-state index is 6.03. The molecule has 0 aromatic carbocycles. The summed E-state index contributed by atoms with van der Waals surface area (Å²) >= 11 is 0. The Morgan fingerprint density at radius 1 is 1.36 bits per heavy atom. The summed E-state index contributed by atoms with van der Waals surface area (Å²) < 4.78 is 11.6. The Bertz CT molecular complexity index is 560. The van der Waals surface area contributed by atoms with E-state index in [1.807, 2.05) is 13.8 Å². The van der Waals surface area contributed by atoms with E-state index < -0.39 is 0 Å². The zero-order valence-corrected chi connectivity index (χ0v) is 16.6. The van der Waals surface area contributed by atoms with Crippen LogP contribution in [0.1, 0.15) is 64.3 Å². The highest BCUT2D eigenvalue weighted by molar-refractivity contribution is 5.80. The monoisotopic (exact) mass is 350 g/mol. The Morgan fingerprint density at radius 3 is 2.68 bits per heavy atom. The third-order valence-corrected chi connectivity index (χ3v) is 5.10. The summed E-state index contributed by atoms with van der Waals surface area (Å²) in [5, 5.41) is 6.85. The summed E-state index contributed by atoms with van der Waals surface area (Å²) in [4.78, 5) is 9.01. The van der Waals surface area contributed by atoms with Crippen LogP contribution in [0.5, 0.6) is 0 Å². The minimum absolute atomic E-state index is 0.0973. The van der Waals surface area contributed by atoms with Gasteiger partial charge in [-0.3, -0.25) is 0 Å². The minimum Gasteiger partial charge on any atom is -0.444 e. The van der Waals surface area contributed by atoms with Crippen molar-refractivity contribution in [2.24, 2.45) is 10.4 Å². The number of ether oxygens (including phenoxy) is 1. The molecule has 2 rings (SSSR count). The number of aromatic nitrogens is 1. The molecule has 0 amide bonds. The predicted molar refractivity (Wildman–Crippen MR) is 101 cm³/mol. The summed E-state index contributed by atoms with van der Waals surface area (Å²) in [6.07, 6.45) is 3.63. The van der Waals surface area contributed by atoms with Crippen molar-refractivity contribution in [3.8, 4) is 0 Å². The summed E-state index contributed by atoms with van der Waals surface area (Å²) in [7, 11) is 0. The Balaban J connectivity index is 1.91. The molecular weight excluding hydrogens is 316 g/mol. The summed E-state index contributed by atoms with van der Waals surface area (Å²) in [5.41, 5.74) is 1.02. The number of aryl methyl sites for hydroxylation is 2. The van der Waals surface area contributed by atoms with Crippen molar-refractivity contribution in [1.29, 1.82) is 0 Å². The smallest absolute Gasteiger partial charge is 0.216 e. The van der Waals surface area contributed by atoms with Crippen molar-refractivity contribution in [2.45, 2.75) is 79.5 Å². The maximum Gasteiger partial charge on any atom is 0.216 e. The first-order valence-corrected chi connectivity index (χ1v) is 9.47. The van der Waals surface area contributed by atoms with E-state index in [-0.39, 0.29) is 5.41 Å². The lowest BCUT2D eigenvalue weighted by Gasteiger charge is -2.52. The molecule has 0 spiro atoms. The second kappa shape index (κ2) is 8.70. The van der Waals surface area contributed by atoms with Gasteiger partial charge in [-0.1, -0.05) is 27.2 Å². The van der Waals surface area contributed by atoms with Crippen LogP contribution in [-0.2, 0) is 11.3 Å². The van der Waals surface area contributed by atoms with Crippen LogP contribution in [0.15, 0.2) is 9.41 Å². The second-order valence-electron chi connectivity index (χ2n) is 7.41. The van der Waals surface area contributed by atoms with E-state index in [4.69, 9.17) is 9.15 Å². The third kappa shape index (κ3) is 4.97. The fourth-order valence-electron chi connectivity index (χ4n) is 3.02. The van der Waals surface area contributed by atoms with Gasteiger partial charge in [0.15, 0.2) is 5.96 Å². The Hall–Kier alpha value is -1.56. The highest BCUT2D eigenvalue weighted by Crippen LogP contribution is 2.42. The zero-order chi connectivity index (χ0) is 18.4. The fourth-order valence-corrected chi connectivity index (χ4v) is 3.02. The lowest BCUT2D eigenvalue weighted by atomic mass is 9.64. The van der Waals surface area contributed by atoms with E-state index in [1.54, 1.807) is 0 Å². The highest BCUT2D eigenvalue weighted by Gasteiger charge is 2.49.